The number of carbonyl (C=O) groups is 1. The van der Waals surface area contributed by atoms with Crippen LogP contribution in [0.1, 0.15) is 36.5 Å². The van der Waals surface area contributed by atoms with E-state index in [2.05, 4.69) is 0 Å². The lowest BCUT2D eigenvalue weighted by Gasteiger charge is -2.33. The largest absolute Gasteiger partial charge is 0.336 e. The van der Waals surface area contributed by atoms with Gasteiger partial charge >= 0.3 is 0 Å². The van der Waals surface area contributed by atoms with E-state index in [1.165, 1.54) is 0 Å². The average molecular weight is 239 g/mol. The third-order valence-corrected chi connectivity index (χ3v) is 3.17. The molecular formula is C13H15F2NO. The minimum absolute atomic E-state index is 0.0938. The van der Waals surface area contributed by atoms with Crippen LogP contribution in [0.15, 0.2) is 18.2 Å². The van der Waals surface area contributed by atoms with E-state index < -0.39 is 11.6 Å². The van der Waals surface area contributed by atoms with Gasteiger partial charge < -0.3 is 4.90 Å². The van der Waals surface area contributed by atoms with Crippen molar-refractivity contribution in [2.75, 3.05) is 6.54 Å². The number of carbonyl (C=O) groups excluding carboxylic acids is 1. The Morgan fingerprint density at radius 3 is 2.47 bits per heavy atom. The summed E-state index contributed by atoms with van der Waals surface area (Å²) in [6.07, 6.45) is 3.00. The molecule has 1 amide bonds. The van der Waals surface area contributed by atoms with E-state index in [-0.39, 0.29) is 17.5 Å². The van der Waals surface area contributed by atoms with Gasteiger partial charge in [-0.1, -0.05) is 0 Å². The number of rotatable bonds is 1. The first-order valence-corrected chi connectivity index (χ1v) is 5.85. The van der Waals surface area contributed by atoms with Crippen LogP contribution in [-0.2, 0) is 0 Å². The number of likely N-dealkylation sites (tertiary alicyclic amines) is 1. The number of nitrogens with zero attached hydrogens (tertiary/aromatic N) is 1. The summed E-state index contributed by atoms with van der Waals surface area (Å²) in [6.45, 7) is 2.63. The second-order valence-electron chi connectivity index (χ2n) is 4.50. The van der Waals surface area contributed by atoms with Gasteiger partial charge in [0.25, 0.3) is 5.91 Å². The minimum Gasteiger partial charge on any atom is -0.336 e. The van der Waals surface area contributed by atoms with Gasteiger partial charge in [-0.25, -0.2) is 8.78 Å². The molecule has 17 heavy (non-hydrogen) atoms. The highest BCUT2D eigenvalue weighted by Gasteiger charge is 2.24. The van der Waals surface area contributed by atoms with Crippen LogP contribution in [-0.4, -0.2) is 23.4 Å². The predicted molar refractivity (Wildman–Crippen MR) is 60.7 cm³/mol. The zero-order chi connectivity index (χ0) is 12.4. The molecule has 2 rings (SSSR count). The number of amides is 1. The first kappa shape index (κ1) is 12.0. The van der Waals surface area contributed by atoms with E-state index in [0.29, 0.717) is 6.54 Å². The second kappa shape index (κ2) is 4.82. The molecule has 0 bridgehead atoms. The van der Waals surface area contributed by atoms with Gasteiger partial charge in [0, 0.05) is 24.2 Å². The molecule has 1 fully saturated rings. The molecule has 1 unspecified atom stereocenters. The standard InChI is InChI=1S/C13H15F2NO/c1-9-4-2-3-5-16(9)13(17)10-6-11(14)8-12(15)7-10/h6-9H,2-5H2,1H3. The molecule has 2 nitrogen and oxygen atoms in total. The molecule has 0 saturated carbocycles. The Morgan fingerprint density at radius 2 is 1.88 bits per heavy atom. The van der Waals surface area contributed by atoms with Crippen LogP contribution in [0.2, 0.25) is 0 Å². The normalized spacial score (nSPS) is 20.4. The molecule has 1 atom stereocenters. The summed E-state index contributed by atoms with van der Waals surface area (Å²) < 4.78 is 26.1. The molecule has 1 heterocycles. The van der Waals surface area contributed by atoms with E-state index in [0.717, 1.165) is 37.5 Å². The van der Waals surface area contributed by atoms with Crippen LogP contribution in [0, 0.1) is 11.6 Å². The molecule has 1 aliphatic heterocycles. The fourth-order valence-corrected chi connectivity index (χ4v) is 2.24. The SMILES string of the molecule is CC1CCCCN1C(=O)c1cc(F)cc(F)c1. The van der Waals surface area contributed by atoms with Crippen molar-refractivity contribution in [3.8, 4) is 0 Å². The Balaban J connectivity index is 2.23. The molecule has 0 aromatic heterocycles. The van der Waals surface area contributed by atoms with Gasteiger partial charge in [0.15, 0.2) is 0 Å². The highest BCUT2D eigenvalue weighted by atomic mass is 19.1. The minimum atomic E-state index is -0.710. The average Bonchev–Trinajstić information content (AvgIpc) is 2.27. The molecule has 1 aromatic rings. The summed E-state index contributed by atoms with van der Waals surface area (Å²) in [5, 5.41) is 0. The Labute approximate surface area is 99.2 Å². The maximum absolute atomic E-state index is 13.0. The molecule has 0 spiro atoms. The van der Waals surface area contributed by atoms with E-state index in [4.69, 9.17) is 0 Å². The molecule has 0 N–H and O–H groups in total. The molecule has 0 radical (unpaired) electrons. The van der Waals surface area contributed by atoms with Gasteiger partial charge in [-0.15, -0.1) is 0 Å². The summed E-state index contributed by atoms with van der Waals surface area (Å²) in [4.78, 5) is 13.8. The summed E-state index contributed by atoms with van der Waals surface area (Å²) in [7, 11) is 0. The van der Waals surface area contributed by atoms with Crippen LogP contribution < -0.4 is 0 Å². The third kappa shape index (κ3) is 2.62. The molecule has 4 heteroatoms. The highest BCUT2D eigenvalue weighted by molar-refractivity contribution is 5.94. The van der Waals surface area contributed by atoms with Crippen molar-refractivity contribution in [1.82, 2.24) is 4.90 Å². The smallest absolute Gasteiger partial charge is 0.254 e. The summed E-state index contributed by atoms with van der Waals surface area (Å²) >= 11 is 0. The van der Waals surface area contributed by atoms with Crippen molar-refractivity contribution >= 4 is 5.91 Å². The van der Waals surface area contributed by atoms with Crippen molar-refractivity contribution in [3.05, 3.63) is 35.4 Å². The quantitative estimate of drug-likeness (QED) is 0.737. The Kier molecular flexibility index (Phi) is 3.41. The Hall–Kier alpha value is -1.45. The summed E-state index contributed by atoms with van der Waals surface area (Å²) in [5.41, 5.74) is 0.0938. The first-order valence-electron chi connectivity index (χ1n) is 5.85. The lowest BCUT2D eigenvalue weighted by molar-refractivity contribution is 0.0634. The molecule has 0 aliphatic carbocycles. The lowest BCUT2D eigenvalue weighted by Crippen LogP contribution is -2.42. The first-order chi connectivity index (χ1) is 8.08. The zero-order valence-electron chi connectivity index (χ0n) is 9.75. The topological polar surface area (TPSA) is 20.3 Å². The van der Waals surface area contributed by atoms with E-state index in [9.17, 15) is 13.6 Å². The van der Waals surface area contributed by atoms with Crippen LogP contribution in [0.5, 0.6) is 0 Å². The predicted octanol–water partition coefficient (Wildman–Crippen LogP) is 2.98. The second-order valence-corrected chi connectivity index (χ2v) is 4.50. The summed E-state index contributed by atoms with van der Waals surface area (Å²) in [5.74, 6) is -1.70. The Morgan fingerprint density at radius 1 is 1.24 bits per heavy atom. The number of hydrogen-bond donors (Lipinski definition) is 0. The molecule has 1 aliphatic rings. The van der Waals surface area contributed by atoms with Gasteiger partial charge in [0.2, 0.25) is 0 Å². The van der Waals surface area contributed by atoms with Crippen LogP contribution in [0.4, 0.5) is 8.78 Å². The zero-order valence-corrected chi connectivity index (χ0v) is 9.75. The summed E-state index contributed by atoms with van der Waals surface area (Å²) in [6, 6.07) is 3.10. The van der Waals surface area contributed by atoms with Gasteiger partial charge in [-0.05, 0) is 38.3 Å². The van der Waals surface area contributed by atoms with Crippen molar-refractivity contribution in [2.45, 2.75) is 32.2 Å². The van der Waals surface area contributed by atoms with E-state index in [1.54, 1.807) is 4.90 Å². The van der Waals surface area contributed by atoms with Crippen LogP contribution >= 0.6 is 0 Å². The number of piperidine rings is 1. The van der Waals surface area contributed by atoms with Crippen molar-refractivity contribution in [3.63, 3.8) is 0 Å². The number of benzene rings is 1. The van der Waals surface area contributed by atoms with E-state index >= 15 is 0 Å². The molecular weight excluding hydrogens is 224 g/mol. The number of hydrogen-bond acceptors (Lipinski definition) is 1. The van der Waals surface area contributed by atoms with Gasteiger partial charge in [0.1, 0.15) is 11.6 Å². The monoisotopic (exact) mass is 239 g/mol. The van der Waals surface area contributed by atoms with Crippen molar-refractivity contribution in [1.29, 1.82) is 0 Å². The van der Waals surface area contributed by atoms with Crippen LogP contribution in [0.3, 0.4) is 0 Å². The fraction of sp³-hybridized carbons (Fsp3) is 0.462. The highest BCUT2D eigenvalue weighted by Crippen LogP contribution is 2.20. The Bertz CT molecular complexity index is 413. The molecule has 1 saturated heterocycles. The molecule has 92 valence electrons. The van der Waals surface area contributed by atoms with Crippen molar-refractivity contribution < 1.29 is 13.6 Å². The fourth-order valence-electron chi connectivity index (χ4n) is 2.24. The lowest BCUT2D eigenvalue weighted by atomic mass is 10.0. The van der Waals surface area contributed by atoms with Crippen molar-refractivity contribution in [2.24, 2.45) is 0 Å². The van der Waals surface area contributed by atoms with Gasteiger partial charge in [0.05, 0.1) is 0 Å². The maximum atomic E-state index is 13.0. The van der Waals surface area contributed by atoms with Crippen LogP contribution in [0.25, 0.3) is 0 Å². The van der Waals surface area contributed by atoms with Gasteiger partial charge in [-0.2, -0.15) is 0 Å². The third-order valence-electron chi connectivity index (χ3n) is 3.17. The maximum Gasteiger partial charge on any atom is 0.254 e. The van der Waals surface area contributed by atoms with E-state index in [1.807, 2.05) is 6.92 Å². The number of halogens is 2. The van der Waals surface area contributed by atoms with Gasteiger partial charge in [-0.3, -0.25) is 4.79 Å². The molecule has 1 aromatic carbocycles.